The zero-order valence-electron chi connectivity index (χ0n) is 11.5. The highest BCUT2D eigenvalue weighted by Crippen LogP contribution is 2.06. The number of hydrogen-bond donors (Lipinski definition) is 1. The Morgan fingerprint density at radius 1 is 1.14 bits per heavy atom. The average Bonchev–Trinajstić information content (AvgIpc) is 3.16. The molecule has 0 aliphatic rings. The van der Waals surface area contributed by atoms with Crippen molar-refractivity contribution >= 4 is 0 Å². The minimum Gasteiger partial charge on any atom is -0.337 e. The van der Waals surface area contributed by atoms with E-state index < -0.39 is 0 Å². The quantitative estimate of drug-likeness (QED) is 0.724. The third-order valence-corrected chi connectivity index (χ3v) is 3.08. The summed E-state index contributed by atoms with van der Waals surface area (Å²) in [5.74, 6) is 1.22. The molecule has 3 rings (SSSR count). The first-order chi connectivity index (χ1) is 10.3. The molecule has 2 heterocycles. The molecule has 2 N–H and O–H groups in total. The maximum absolute atomic E-state index is 5.49. The number of aromatic nitrogens is 5. The van der Waals surface area contributed by atoms with Crippen LogP contribution in [0.25, 0.3) is 0 Å². The number of nitrogens with zero attached hydrogens (tertiary/aromatic N) is 5. The molecule has 108 valence electrons. The van der Waals surface area contributed by atoms with Gasteiger partial charge in [-0.1, -0.05) is 40.7 Å². The second kappa shape index (κ2) is 6.27. The highest BCUT2D eigenvalue weighted by Gasteiger charge is 2.08. The van der Waals surface area contributed by atoms with Gasteiger partial charge in [0.2, 0.25) is 5.89 Å². The SMILES string of the molecule is NCc1cn(Cc2nc(CCc3ccccc3)no2)nn1. The van der Waals surface area contributed by atoms with E-state index in [1.165, 1.54) is 5.56 Å². The van der Waals surface area contributed by atoms with Crippen LogP contribution < -0.4 is 5.73 Å². The topological polar surface area (TPSA) is 95.7 Å². The van der Waals surface area contributed by atoms with Crippen molar-refractivity contribution in [3.05, 3.63) is 59.5 Å². The molecule has 0 unspecified atom stereocenters. The van der Waals surface area contributed by atoms with Crippen molar-refractivity contribution in [2.45, 2.75) is 25.9 Å². The predicted octanol–water partition coefficient (Wildman–Crippen LogP) is 0.953. The van der Waals surface area contributed by atoms with Crippen LogP contribution in [0.15, 0.2) is 41.1 Å². The van der Waals surface area contributed by atoms with Gasteiger partial charge < -0.3 is 10.3 Å². The zero-order valence-corrected chi connectivity index (χ0v) is 11.5. The molecule has 7 heteroatoms. The monoisotopic (exact) mass is 284 g/mol. The molecule has 0 aliphatic heterocycles. The van der Waals surface area contributed by atoms with Gasteiger partial charge in [-0.3, -0.25) is 0 Å². The fourth-order valence-electron chi connectivity index (χ4n) is 2.00. The number of benzene rings is 1. The Morgan fingerprint density at radius 3 is 2.76 bits per heavy atom. The molecule has 7 nitrogen and oxygen atoms in total. The summed E-state index contributed by atoms with van der Waals surface area (Å²) in [7, 11) is 0. The number of nitrogens with two attached hydrogens (primary N) is 1. The smallest absolute Gasteiger partial charge is 0.248 e. The van der Waals surface area contributed by atoms with E-state index in [9.17, 15) is 0 Å². The van der Waals surface area contributed by atoms with Crippen LogP contribution in [0.3, 0.4) is 0 Å². The zero-order chi connectivity index (χ0) is 14.5. The van der Waals surface area contributed by atoms with E-state index in [2.05, 4.69) is 32.6 Å². The Kier molecular flexibility index (Phi) is 4.02. The second-order valence-electron chi connectivity index (χ2n) is 4.70. The Balaban J connectivity index is 1.58. The molecule has 1 aromatic carbocycles. The van der Waals surface area contributed by atoms with E-state index >= 15 is 0 Å². The minimum atomic E-state index is 0.367. The fourth-order valence-corrected chi connectivity index (χ4v) is 2.00. The molecule has 0 spiro atoms. The molecule has 21 heavy (non-hydrogen) atoms. The Hall–Kier alpha value is -2.54. The lowest BCUT2D eigenvalue weighted by Gasteiger charge is -1.96. The van der Waals surface area contributed by atoms with Crippen LogP contribution in [0.1, 0.15) is 23.0 Å². The lowest BCUT2D eigenvalue weighted by Crippen LogP contribution is -2.01. The van der Waals surface area contributed by atoms with Crippen LogP contribution in [0.4, 0.5) is 0 Å². The van der Waals surface area contributed by atoms with Gasteiger partial charge in [0.1, 0.15) is 6.54 Å². The van der Waals surface area contributed by atoms with Gasteiger partial charge in [-0.2, -0.15) is 4.98 Å². The molecule has 0 aliphatic carbocycles. The van der Waals surface area contributed by atoms with Gasteiger partial charge in [-0.05, 0) is 12.0 Å². The summed E-state index contributed by atoms with van der Waals surface area (Å²) < 4.78 is 6.85. The van der Waals surface area contributed by atoms with Gasteiger partial charge in [0.05, 0.1) is 11.9 Å². The molecule has 0 saturated heterocycles. The lowest BCUT2D eigenvalue weighted by molar-refractivity contribution is 0.360. The van der Waals surface area contributed by atoms with Crippen LogP contribution in [0.2, 0.25) is 0 Å². The van der Waals surface area contributed by atoms with Gasteiger partial charge in [0.15, 0.2) is 5.82 Å². The molecular formula is C14H16N6O. The van der Waals surface area contributed by atoms with E-state index in [0.717, 1.165) is 18.5 Å². The first-order valence-corrected chi connectivity index (χ1v) is 6.78. The molecule has 0 amide bonds. The lowest BCUT2D eigenvalue weighted by atomic mass is 10.1. The highest BCUT2D eigenvalue weighted by atomic mass is 16.5. The molecule has 2 aromatic heterocycles. The first kappa shape index (κ1) is 13.4. The normalized spacial score (nSPS) is 10.9. The predicted molar refractivity (Wildman–Crippen MR) is 75.2 cm³/mol. The van der Waals surface area contributed by atoms with Crippen LogP contribution in [-0.2, 0) is 25.9 Å². The van der Waals surface area contributed by atoms with Gasteiger partial charge >= 0.3 is 0 Å². The van der Waals surface area contributed by atoms with Crippen molar-refractivity contribution in [2.75, 3.05) is 0 Å². The Bertz CT molecular complexity index is 690. The largest absolute Gasteiger partial charge is 0.337 e. The molecule has 0 bridgehead atoms. The van der Waals surface area contributed by atoms with Crippen molar-refractivity contribution in [1.82, 2.24) is 25.1 Å². The van der Waals surface area contributed by atoms with Crippen molar-refractivity contribution in [3.8, 4) is 0 Å². The van der Waals surface area contributed by atoms with Crippen molar-refractivity contribution < 1.29 is 4.52 Å². The standard InChI is InChI=1S/C14H16N6O/c15-8-12-9-20(19-17-12)10-14-16-13(18-21-14)7-6-11-4-2-1-3-5-11/h1-5,9H,6-8,10,15H2. The van der Waals surface area contributed by atoms with E-state index in [0.29, 0.717) is 24.8 Å². The number of rotatable bonds is 6. The van der Waals surface area contributed by atoms with E-state index in [-0.39, 0.29) is 0 Å². The van der Waals surface area contributed by atoms with Gasteiger partial charge in [0.25, 0.3) is 0 Å². The van der Waals surface area contributed by atoms with E-state index in [1.807, 2.05) is 18.2 Å². The Morgan fingerprint density at radius 2 is 2.00 bits per heavy atom. The fraction of sp³-hybridized carbons (Fsp3) is 0.286. The third kappa shape index (κ3) is 3.51. The molecular weight excluding hydrogens is 268 g/mol. The molecule has 0 saturated carbocycles. The van der Waals surface area contributed by atoms with Gasteiger partial charge in [-0.15, -0.1) is 5.10 Å². The second-order valence-corrected chi connectivity index (χ2v) is 4.70. The summed E-state index contributed by atoms with van der Waals surface area (Å²) in [6.07, 6.45) is 3.41. The summed E-state index contributed by atoms with van der Waals surface area (Å²) in [6.45, 7) is 0.775. The summed E-state index contributed by atoms with van der Waals surface area (Å²) in [4.78, 5) is 4.36. The van der Waals surface area contributed by atoms with Crippen LogP contribution in [0, 0.1) is 0 Å². The van der Waals surface area contributed by atoms with Crippen LogP contribution >= 0.6 is 0 Å². The number of aryl methyl sites for hydroxylation is 2. The molecule has 0 fully saturated rings. The number of hydrogen-bond acceptors (Lipinski definition) is 6. The molecule has 0 atom stereocenters. The van der Waals surface area contributed by atoms with Gasteiger partial charge in [-0.25, -0.2) is 4.68 Å². The maximum atomic E-state index is 5.49. The van der Waals surface area contributed by atoms with Crippen LogP contribution in [-0.4, -0.2) is 25.1 Å². The van der Waals surface area contributed by atoms with E-state index in [4.69, 9.17) is 10.3 Å². The summed E-state index contributed by atoms with van der Waals surface area (Å²) in [5, 5.41) is 11.8. The molecule has 3 aromatic rings. The summed E-state index contributed by atoms with van der Waals surface area (Å²) >= 11 is 0. The average molecular weight is 284 g/mol. The van der Waals surface area contributed by atoms with Crippen molar-refractivity contribution in [2.24, 2.45) is 5.73 Å². The summed E-state index contributed by atoms with van der Waals surface area (Å²) in [5.41, 5.74) is 7.48. The van der Waals surface area contributed by atoms with Crippen molar-refractivity contribution in [1.29, 1.82) is 0 Å². The first-order valence-electron chi connectivity index (χ1n) is 6.78. The van der Waals surface area contributed by atoms with Crippen molar-refractivity contribution in [3.63, 3.8) is 0 Å². The molecule has 0 radical (unpaired) electrons. The Labute approximate surface area is 121 Å². The third-order valence-electron chi connectivity index (χ3n) is 3.08. The van der Waals surface area contributed by atoms with Crippen LogP contribution in [0.5, 0.6) is 0 Å². The highest BCUT2D eigenvalue weighted by molar-refractivity contribution is 5.15. The minimum absolute atomic E-state index is 0.367. The maximum Gasteiger partial charge on any atom is 0.248 e. The summed E-state index contributed by atoms with van der Waals surface area (Å²) in [6, 6.07) is 10.2. The van der Waals surface area contributed by atoms with E-state index in [1.54, 1.807) is 10.9 Å². The van der Waals surface area contributed by atoms with Gasteiger partial charge in [0, 0.05) is 13.0 Å².